The number of carbonyl (C=O) groups is 2. The van der Waals surface area contributed by atoms with Gasteiger partial charge >= 0.3 is 5.97 Å². The van der Waals surface area contributed by atoms with E-state index in [0.29, 0.717) is 26.0 Å². The summed E-state index contributed by atoms with van der Waals surface area (Å²) in [4.78, 5) is 25.6. The van der Waals surface area contributed by atoms with E-state index in [9.17, 15) is 9.59 Å². The number of esters is 1. The van der Waals surface area contributed by atoms with Gasteiger partial charge in [0.15, 0.2) is 0 Å². The second kappa shape index (κ2) is 11.3. The minimum absolute atomic E-state index is 0.0345. The molecule has 4 aromatic rings. The summed E-state index contributed by atoms with van der Waals surface area (Å²) in [7, 11) is 1.40. The van der Waals surface area contributed by atoms with Crippen LogP contribution in [0.25, 0.3) is 21.9 Å². The predicted molar refractivity (Wildman–Crippen MR) is 140 cm³/mol. The molecule has 0 aromatic heterocycles. The molecule has 0 aliphatic carbocycles. The highest BCUT2D eigenvalue weighted by Crippen LogP contribution is 2.33. The molecule has 4 rings (SSSR count). The van der Waals surface area contributed by atoms with Gasteiger partial charge in [0, 0.05) is 24.6 Å². The van der Waals surface area contributed by atoms with Gasteiger partial charge in [-0.1, -0.05) is 60.7 Å². The molecule has 0 aliphatic rings. The Morgan fingerprint density at radius 2 is 1.57 bits per heavy atom. The molecule has 0 saturated carbocycles. The van der Waals surface area contributed by atoms with Crippen LogP contribution in [-0.4, -0.2) is 32.1 Å². The van der Waals surface area contributed by atoms with Crippen molar-refractivity contribution in [2.45, 2.75) is 19.8 Å². The summed E-state index contributed by atoms with van der Waals surface area (Å²) < 4.78 is 11.0. The fourth-order valence-electron chi connectivity index (χ4n) is 4.11. The molecular formula is C30H29NO4. The first-order valence-electron chi connectivity index (χ1n) is 11.7. The van der Waals surface area contributed by atoms with Gasteiger partial charge in [-0.15, -0.1) is 0 Å². The Bertz CT molecular complexity index is 1320. The number of nitrogens with zero attached hydrogens (tertiary/aromatic N) is 1. The molecular weight excluding hydrogens is 438 g/mol. The number of anilines is 1. The van der Waals surface area contributed by atoms with E-state index in [2.05, 4.69) is 36.4 Å². The molecule has 178 valence electrons. The van der Waals surface area contributed by atoms with E-state index in [1.54, 1.807) is 11.8 Å². The molecule has 0 N–H and O–H groups in total. The minimum atomic E-state index is -0.234. The summed E-state index contributed by atoms with van der Waals surface area (Å²) in [5, 5.41) is 2.31. The zero-order chi connectivity index (χ0) is 24.6. The first-order valence-corrected chi connectivity index (χ1v) is 11.7. The van der Waals surface area contributed by atoms with Gasteiger partial charge in [-0.25, -0.2) is 0 Å². The SMILES string of the molecule is COC(=O)CCc1ccc(OCCN(C(C)=O)c2ccccc2)c(-c2ccc3ccccc3c2)c1. The molecule has 0 spiro atoms. The number of carbonyl (C=O) groups excluding carboxylic acids is 2. The Morgan fingerprint density at radius 1 is 0.829 bits per heavy atom. The van der Waals surface area contributed by atoms with Crippen molar-refractivity contribution in [3.8, 4) is 16.9 Å². The van der Waals surface area contributed by atoms with Crippen molar-refractivity contribution < 1.29 is 19.1 Å². The lowest BCUT2D eigenvalue weighted by Crippen LogP contribution is -2.32. The minimum Gasteiger partial charge on any atom is -0.491 e. The Balaban J connectivity index is 1.59. The molecule has 0 unspecified atom stereocenters. The fourth-order valence-corrected chi connectivity index (χ4v) is 4.11. The van der Waals surface area contributed by atoms with Gasteiger partial charge in [-0.3, -0.25) is 9.59 Å². The van der Waals surface area contributed by atoms with Gasteiger partial charge in [0.2, 0.25) is 5.91 Å². The first kappa shape index (κ1) is 24.0. The van der Waals surface area contributed by atoms with Crippen LogP contribution in [0.4, 0.5) is 5.69 Å². The van der Waals surface area contributed by atoms with Gasteiger partial charge in [0.25, 0.3) is 0 Å². The molecule has 0 saturated heterocycles. The van der Waals surface area contributed by atoms with Crippen molar-refractivity contribution in [3.05, 3.63) is 96.6 Å². The van der Waals surface area contributed by atoms with Crippen molar-refractivity contribution in [1.82, 2.24) is 0 Å². The van der Waals surface area contributed by atoms with Crippen molar-refractivity contribution in [2.24, 2.45) is 0 Å². The second-order valence-electron chi connectivity index (χ2n) is 8.32. The van der Waals surface area contributed by atoms with Gasteiger partial charge in [-0.2, -0.15) is 0 Å². The third-order valence-corrected chi connectivity index (χ3v) is 5.97. The summed E-state index contributed by atoms with van der Waals surface area (Å²) in [6, 6.07) is 30.1. The number of benzene rings is 4. The third-order valence-electron chi connectivity index (χ3n) is 5.97. The highest BCUT2D eigenvalue weighted by Gasteiger charge is 2.14. The van der Waals surface area contributed by atoms with Crippen LogP contribution >= 0.6 is 0 Å². The summed E-state index contributed by atoms with van der Waals surface area (Å²) >= 11 is 0. The topological polar surface area (TPSA) is 55.8 Å². The summed E-state index contributed by atoms with van der Waals surface area (Å²) in [5.74, 6) is 0.467. The maximum atomic E-state index is 12.2. The van der Waals surface area contributed by atoms with Gasteiger partial charge < -0.3 is 14.4 Å². The number of fused-ring (bicyclic) bond motifs is 1. The number of rotatable bonds is 9. The number of hydrogen-bond donors (Lipinski definition) is 0. The Hall–Kier alpha value is -4.12. The van der Waals surface area contributed by atoms with E-state index in [1.807, 2.05) is 54.6 Å². The van der Waals surface area contributed by atoms with Crippen LogP contribution in [0.5, 0.6) is 5.75 Å². The van der Waals surface area contributed by atoms with E-state index < -0.39 is 0 Å². The van der Waals surface area contributed by atoms with E-state index in [-0.39, 0.29) is 11.9 Å². The normalized spacial score (nSPS) is 10.7. The van der Waals surface area contributed by atoms with Crippen LogP contribution in [-0.2, 0) is 20.7 Å². The van der Waals surface area contributed by atoms with Crippen LogP contribution in [0.1, 0.15) is 18.9 Å². The smallest absolute Gasteiger partial charge is 0.305 e. The summed E-state index contributed by atoms with van der Waals surface area (Å²) in [6.07, 6.45) is 0.901. The highest BCUT2D eigenvalue weighted by atomic mass is 16.5. The zero-order valence-electron chi connectivity index (χ0n) is 20.1. The molecule has 0 heterocycles. The number of hydrogen-bond acceptors (Lipinski definition) is 4. The summed E-state index contributed by atoms with van der Waals surface area (Å²) in [6.45, 7) is 2.33. The lowest BCUT2D eigenvalue weighted by molar-refractivity contribution is -0.140. The largest absolute Gasteiger partial charge is 0.491 e. The zero-order valence-corrected chi connectivity index (χ0v) is 20.1. The van der Waals surface area contributed by atoms with Gasteiger partial charge in [0.1, 0.15) is 12.4 Å². The van der Waals surface area contributed by atoms with E-state index in [4.69, 9.17) is 9.47 Å². The quantitative estimate of drug-likeness (QED) is 0.282. The maximum Gasteiger partial charge on any atom is 0.305 e. The highest BCUT2D eigenvalue weighted by molar-refractivity contribution is 5.91. The molecule has 1 amide bonds. The number of amides is 1. The number of methoxy groups -OCH3 is 1. The molecule has 0 aliphatic heterocycles. The van der Waals surface area contributed by atoms with Crippen molar-refractivity contribution in [3.63, 3.8) is 0 Å². The average molecular weight is 468 g/mol. The van der Waals surface area contributed by atoms with Gasteiger partial charge in [-0.05, 0) is 58.7 Å². The molecule has 5 nitrogen and oxygen atoms in total. The lowest BCUT2D eigenvalue weighted by Gasteiger charge is -2.22. The van der Waals surface area contributed by atoms with Crippen molar-refractivity contribution in [2.75, 3.05) is 25.2 Å². The monoisotopic (exact) mass is 467 g/mol. The van der Waals surface area contributed by atoms with E-state index in [0.717, 1.165) is 33.5 Å². The fraction of sp³-hybridized carbons (Fsp3) is 0.200. The van der Waals surface area contributed by atoms with Crippen molar-refractivity contribution in [1.29, 1.82) is 0 Å². The Morgan fingerprint density at radius 3 is 2.31 bits per heavy atom. The van der Waals surface area contributed by atoms with E-state index in [1.165, 1.54) is 12.5 Å². The molecule has 35 heavy (non-hydrogen) atoms. The molecule has 0 bridgehead atoms. The second-order valence-corrected chi connectivity index (χ2v) is 8.32. The molecule has 5 heteroatoms. The average Bonchev–Trinajstić information content (AvgIpc) is 2.90. The Labute approximate surface area is 205 Å². The number of aryl methyl sites for hydroxylation is 1. The predicted octanol–water partition coefficient (Wildman–Crippen LogP) is 6.04. The van der Waals surface area contributed by atoms with Crippen molar-refractivity contribution >= 4 is 28.3 Å². The molecule has 0 fully saturated rings. The van der Waals surface area contributed by atoms with E-state index >= 15 is 0 Å². The van der Waals surface area contributed by atoms with Crippen LogP contribution in [0.2, 0.25) is 0 Å². The number of para-hydroxylation sites is 1. The van der Waals surface area contributed by atoms with Crippen LogP contribution in [0, 0.1) is 0 Å². The summed E-state index contributed by atoms with van der Waals surface area (Å²) in [5.41, 5.74) is 3.86. The molecule has 0 radical (unpaired) electrons. The standard InChI is InChI=1S/C30H29NO4/c1-22(32)31(27-10-4-3-5-11-27)18-19-35-29-16-12-23(13-17-30(33)34-2)20-28(29)26-15-14-24-8-6-7-9-25(24)21-26/h3-12,14-16,20-21H,13,17-19H2,1-2H3. The maximum absolute atomic E-state index is 12.2. The number of ether oxygens (including phenoxy) is 2. The third kappa shape index (κ3) is 6.07. The molecule has 0 atom stereocenters. The lowest BCUT2D eigenvalue weighted by atomic mass is 9.97. The Kier molecular flexibility index (Phi) is 7.78. The molecule has 4 aromatic carbocycles. The van der Waals surface area contributed by atoms with Crippen LogP contribution in [0.3, 0.4) is 0 Å². The first-order chi connectivity index (χ1) is 17.0. The van der Waals surface area contributed by atoms with Crippen LogP contribution in [0.15, 0.2) is 91.0 Å². The van der Waals surface area contributed by atoms with Gasteiger partial charge in [0.05, 0.1) is 13.7 Å². The van der Waals surface area contributed by atoms with Crippen LogP contribution < -0.4 is 9.64 Å².